The van der Waals surface area contributed by atoms with Gasteiger partial charge in [0.05, 0.1) is 26.0 Å². The average molecular weight is 501 g/mol. The zero-order valence-electron chi connectivity index (χ0n) is 21.4. The Kier molecular flexibility index (Phi) is 15.1. The van der Waals surface area contributed by atoms with Crippen LogP contribution in [0.4, 0.5) is 0 Å². The van der Waals surface area contributed by atoms with Gasteiger partial charge >= 0.3 is 7.60 Å². The van der Waals surface area contributed by atoms with Crippen LogP contribution < -0.4 is 9.47 Å². The summed E-state index contributed by atoms with van der Waals surface area (Å²) in [6.45, 7) is 8.31. The molecule has 0 aliphatic rings. The highest BCUT2D eigenvalue weighted by Crippen LogP contribution is 2.52. The van der Waals surface area contributed by atoms with Gasteiger partial charge in [-0.05, 0) is 64.7 Å². The van der Waals surface area contributed by atoms with Crippen molar-refractivity contribution in [2.24, 2.45) is 0 Å². The van der Waals surface area contributed by atoms with Gasteiger partial charge in [0.2, 0.25) is 0 Å². The third-order valence-electron chi connectivity index (χ3n) is 4.86. The summed E-state index contributed by atoms with van der Waals surface area (Å²) in [5.74, 6) is 1.15. The second kappa shape index (κ2) is 16.9. The van der Waals surface area contributed by atoms with Crippen LogP contribution in [0.5, 0.6) is 11.5 Å². The summed E-state index contributed by atoms with van der Waals surface area (Å²) >= 11 is 0. The normalized spacial score (nSPS) is 12.8. The molecule has 0 aliphatic heterocycles. The topological polar surface area (TPSA) is 92.7 Å². The van der Waals surface area contributed by atoms with Gasteiger partial charge in [-0.2, -0.15) is 0 Å². The lowest BCUT2D eigenvalue weighted by Gasteiger charge is -2.20. The Morgan fingerprint density at radius 2 is 1.50 bits per heavy atom. The summed E-state index contributed by atoms with van der Waals surface area (Å²) in [4.78, 5) is 0. The Balaban J connectivity index is 3.28. The van der Waals surface area contributed by atoms with E-state index in [4.69, 9.17) is 33.1 Å². The molecule has 0 saturated carbocycles. The van der Waals surface area contributed by atoms with E-state index in [0.29, 0.717) is 23.5 Å². The lowest BCUT2D eigenvalue weighted by molar-refractivity contribution is 0.0447. The molecular formula is C25H41O8P. The van der Waals surface area contributed by atoms with E-state index in [1.807, 2.05) is 25.1 Å². The predicted molar refractivity (Wildman–Crippen MR) is 134 cm³/mol. The fourth-order valence-electron chi connectivity index (χ4n) is 3.20. The van der Waals surface area contributed by atoms with Crippen LogP contribution in [0.1, 0.15) is 51.7 Å². The molecule has 0 saturated heterocycles. The molecule has 34 heavy (non-hydrogen) atoms. The van der Waals surface area contributed by atoms with Crippen LogP contribution in [0.15, 0.2) is 35.4 Å². The van der Waals surface area contributed by atoms with E-state index in [-0.39, 0.29) is 39.6 Å². The van der Waals surface area contributed by atoms with Crippen molar-refractivity contribution in [1.29, 1.82) is 0 Å². The molecule has 9 heteroatoms. The Bertz CT molecular complexity index is 795. The van der Waals surface area contributed by atoms with Crippen molar-refractivity contribution >= 4 is 7.60 Å². The maximum absolute atomic E-state index is 13.1. The monoisotopic (exact) mass is 500 g/mol. The molecule has 0 unspecified atom stereocenters. The van der Waals surface area contributed by atoms with Gasteiger partial charge in [-0.15, -0.1) is 0 Å². The first-order valence-electron chi connectivity index (χ1n) is 11.5. The number of allylic oxidation sites excluding steroid dienone is 3. The number of aliphatic hydroxyl groups is 1. The van der Waals surface area contributed by atoms with Crippen LogP contribution >= 0.6 is 7.60 Å². The molecule has 0 aromatic heterocycles. The van der Waals surface area contributed by atoms with Crippen LogP contribution in [-0.2, 0) is 35.7 Å². The molecule has 0 radical (unpaired) electrons. The summed E-state index contributed by atoms with van der Waals surface area (Å²) < 4.78 is 46.0. The van der Waals surface area contributed by atoms with Crippen molar-refractivity contribution in [2.75, 3.05) is 47.6 Å². The maximum Gasteiger partial charge on any atom is 0.335 e. The first kappa shape index (κ1) is 30.4. The molecule has 8 nitrogen and oxygen atoms in total. The largest absolute Gasteiger partial charge is 0.467 e. The maximum atomic E-state index is 13.1. The highest BCUT2D eigenvalue weighted by molar-refractivity contribution is 7.53. The van der Waals surface area contributed by atoms with Gasteiger partial charge in [0.25, 0.3) is 0 Å². The molecule has 0 fully saturated rings. The standard InChI is InChI=1S/C25H41O8P/c1-7-32-34(27,33-8-2)17-22-14-24(30-18-28-5)23(25(15-22)31-19-29-6)13-12-20(3)10-9-11-21(4)16-26/h11-12,14-15,26H,7-10,13,16-19H2,1-6H3/b20-12+,21-11+. The number of hydrogen-bond acceptors (Lipinski definition) is 8. The fourth-order valence-corrected chi connectivity index (χ4v) is 4.88. The zero-order chi connectivity index (χ0) is 25.4. The minimum Gasteiger partial charge on any atom is -0.467 e. The minimum atomic E-state index is -3.31. The lowest BCUT2D eigenvalue weighted by atomic mass is 10.0. The Morgan fingerprint density at radius 3 is 1.97 bits per heavy atom. The summed E-state index contributed by atoms with van der Waals surface area (Å²) in [7, 11) is -0.208. The third kappa shape index (κ3) is 11.2. The van der Waals surface area contributed by atoms with E-state index in [1.54, 1.807) is 28.1 Å². The van der Waals surface area contributed by atoms with Crippen molar-refractivity contribution in [2.45, 2.75) is 53.1 Å². The molecule has 0 amide bonds. The molecule has 0 bridgehead atoms. The fraction of sp³-hybridized carbons (Fsp3) is 0.600. The van der Waals surface area contributed by atoms with E-state index in [0.717, 1.165) is 24.0 Å². The number of rotatable bonds is 18. The number of aliphatic hydroxyl groups excluding tert-OH is 1. The number of benzene rings is 1. The van der Waals surface area contributed by atoms with Crippen molar-refractivity contribution in [3.8, 4) is 11.5 Å². The second-order valence-electron chi connectivity index (χ2n) is 7.78. The molecule has 194 valence electrons. The molecule has 1 N–H and O–H groups in total. The first-order chi connectivity index (χ1) is 16.3. The number of ether oxygens (including phenoxy) is 4. The highest BCUT2D eigenvalue weighted by Gasteiger charge is 2.26. The molecule has 1 rings (SSSR count). The Morgan fingerprint density at radius 1 is 0.941 bits per heavy atom. The zero-order valence-corrected chi connectivity index (χ0v) is 22.3. The van der Waals surface area contributed by atoms with Crippen LogP contribution in [0.2, 0.25) is 0 Å². The van der Waals surface area contributed by atoms with Crippen molar-refractivity contribution < 1.29 is 37.7 Å². The molecule has 0 atom stereocenters. The number of methoxy groups -OCH3 is 2. The molecule has 0 heterocycles. The van der Waals surface area contributed by atoms with E-state index in [9.17, 15) is 4.57 Å². The van der Waals surface area contributed by atoms with Crippen LogP contribution in [-0.4, -0.2) is 52.7 Å². The predicted octanol–water partition coefficient (Wildman–Crippen LogP) is 5.63. The summed E-state index contributed by atoms with van der Waals surface area (Å²) in [6.07, 6.45) is 6.57. The van der Waals surface area contributed by atoms with Crippen LogP contribution in [0.3, 0.4) is 0 Å². The summed E-state index contributed by atoms with van der Waals surface area (Å²) in [5, 5.41) is 9.14. The van der Waals surface area contributed by atoms with E-state index >= 15 is 0 Å². The van der Waals surface area contributed by atoms with Crippen LogP contribution in [0.25, 0.3) is 0 Å². The van der Waals surface area contributed by atoms with E-state index in [1.165, 1.54) is 5.57 Å². The van der Waals surface area contributed by atoms with Gasteiger partial charge in [0, 0.05) is 19.8 Å². The highest BCUT2D eigenvalue weighted by atomic mass is 31.2. The van der Waals surface area contributed by atoms with Gasteiger partial charge in [-0.25, -0.2) is 0 Å². The average Bonchev–Trinajstić information content (AvgIpc) is 2.80. The number of hydrogen-bond donors (Lipinski definition) is 1. The van der Waals surface area contributed by atoms with Gasteiger partial charge in [-0.3, -0.25) is 4.57 Å². The summed E-state index contributed by atoms with van der Waals surface area (Å²) in [5.41, 5.74) is 3.71. The van der Waals surface area contributed by atoms with Gasteiger partial charge < -0.3 is 33.1 Å². The molecule has 0 aliphatic carbocycles. The third-order valence-corrected chi connectivity index (χ3v) is 6.91. The Hall–Kier alpha value is -1.67. The molecule has 1 aromatic rings. The SMILES string of the molecule is CCOP(=O)(Cc1cc(OCOC)c(C/C=C(\C)CC/C=C(\C)CO)c(OCOC)c1)OCC. The van der Waals surface area contributed by atoms with Crippen LogP contribution in [0, 0.1) is 0 Å². The Labute approximate surface area is 204 Å². The summed E-state index contributed by atoms with van der Waals surface area (Å²) in [6, 6.07) is 3.66. The van der Waals surface area contributed by atoms with Gasteiger partial charge in [-0.1, -0.05) is 23.3 Å². The van der Waals surface area contributed by atoms with Gasteiger partial charge in [0.1, 0.15) is 11.5 Å². The molecular weight excluding hydrogens is 459 g/mol. The molecule has 1 aromatic carbocycles. The smallest absolute Gasteiger partial charge is 0.335 e. The first-order valence-corrected chi connectivity index (χ1v) is 13.2. The minimum absolute atomic E-state index is 0.0582. The molecule has 0 spiro atoms. The second-order valence-corrected chi connectivity index (χ2v) is 9.83. The van der Waals surface area contributed by atoms with Gasteiger partial charge in [0.15, 0.2) is 13.6 Å². The van der Waals surface area contributed by atoms with Crippen molar-refractivity contribution in [3.63, 3.8) is 0 Å². The van der Waals surface area contributed by atoms with E-state index < -0.39 is 7.60 Å². The van der Waals surface area contributed by atoms with Crippen molar-refractivity contribution in [1.82, 2.24) is 0 Å². The lowest BCUT2D eigenvalue weighted by Crippen LogP contribution is -2.08. The quantitative estimate of drug-likeness (QED) is 0.158. The van der Waals surface area contributed by atoms with E-state index in [2.05, 4.69) is 13.0 Å². The van der Waals surface area contributed by atoms with Crippen molar-refractivity contribution in [3.05, 3.63) is 46.6 Å².